The van der Waals surface area contributed by atoms with Gasteiger partial charge in [-0.25, -0.2) is 0 Å². The van der Waals surface area contributed by atoms with E-state index in [-0.39, 0.29) is 45.9 Å². The molecule has 6 heavy (non-hydrogen) atoms. The molecule has 6 heteroatoms. The van der Waals surface area contributed by atoms with Crippen molar-refractivity contribution in [2.75, 3.05) is 0 Å². The van der Waals surface area contributed by atoms with Crippen molar-refractivity contribution in [2.24, 2.45) is 0 Å². The lowest BCUT2D eigenvalue weighted by atomic mass is 15.9. The van der Waals surface area contributed by atoms with Crippen LogP contribution < -0.4 is 0 Å². The summed E-state index contributed by atoms with van der Waals surface area (Å²) in [5.41, 5.74) is 0. The Morgan fingerprint density at radius 3 is 1.17 bits per heavy atom. The molecule has 0 bridgehead atoms. The van der Waals surface area contributed by atoms with Gasteiger partial charge in [-0.15, -0.1) is 0 Å². The third-order valence-corrected chi connectivity index (χ3v) is 0. The Hall–Kier alpha value is 1.08. The maximum absolute atomic E-state index is 8.40. The average Bonchev–Trinajstić information content (AvgIpc) is 0.918. The van der Waals surface area contributed by atoms with Gasteiger partial charge < -0.3 is 5.48 Å². The Kier molecular flexibility index (Phi) is 167. The lowest BCUT2D eigenvalue weighted by molar-refractivity contribution is 0.497. The van der Waals surface area contributed by atoms with Crippen LogP contribution in [0.2, 0.25) is 0 Å². The van der Waals surface area contributed by atoms with Gasteiger partial charge in [0.05, 0.1) is 0 Å². The molecule has 0 aliphatic heterocycles. The molecule has 0 spiro atoms. The fourth-order valence-corrected chi connectivity index (χ4v) is 0. The fourth-order valence-electron chi connectivity index (χ4n) is 0. The van der Waals surface area contributed by atoms with Crippen LogP contribution in [0.15, 0.2) is 0 Å². The zero-order valence-electron chi connectivity index (χ0n) is 1.82. The van der Waals surface area contributed by atoms with Crippen molar-refractivity contribution in [1.29, 1.82) is 0 Å². The molecule has 0 unspecified atom stereocenters. The summed E-state index contributed by atoms with van der Waals surface area (Å²) in [6, 6.07) is 0. The molecular formula is H7AlMgO3Si. The van der Waals surface area contributed by atoms with Crippen LogP contribution in [0.5, 0.6) is 0 Å². The van der Waals surface area contributed by atoms with E-state index in [4.69, 9.17) is 8.92 Å². The van der Waals surface area contributed by atoms with Crippen molar-refractivity contribution >= 4 is 49.7 Å². The van der Waals surface area contributed by atoms with Gasteiger partial charge in [-0.2, -0.15) is 0 Å². The van der Waals surface area contributed by atoms with Crippen LogP contribution in [0.1, 0.15) is 0 Å². The molecule has 3 nitrogen and oxygen atoms in total. The summed E-state index contributed by atoms with van der Waals surface area (Å²) in [6.45, 7) is 0. The van der Waals surface area contributed by atoms with E-state index >= 15 is 0 Å². The summed E-state index contributed by atoms with van der Waals surface area (Å²) in [7, 11) is -1.42. The summed E-state index contributed by atoms with van der Waals surface area (Å²) in [5.74, 6) is 0. The molecule has 0 aromatic rings. The quantitative estimate of drug-likeness (QED) is 0.322. The highest BCUT2D eigenvalue weighted by molar-refractivity contribution is 5.94. The van der Waals surface area contributed by atoms with Crippen LogP contribution in [-0.4, -0.2) is 55.2 Å². The molecule has 0 aliphatic rings. The topological polar surface area (TPSA) is 65.6 Å². The van der Waals surface area contributed by atoms with E-state index in [9.17, 15) is 0 Å². The molecule has 0 atom stereocenters. The Labute approximate surface area is 64.0 Å². The van der Waals surface area contributed by atoms with Crippen molar-refractivity contribution in [3.8, 4) is 0 Å². The molecule has 0 aromatic heterocycles. The second kappa shape index (κ2) is 36.3. The summed E-state index contributed by atoms with van der Waals surface area (Å²) < 4.78 is 16.8. The van der Waals surface area contributed by atoms with Crippen LogP contribution in [0.25, 0.3) is 0 Å². The van der Waals surface area contributed by atoms with Gasteiger partial charge in [-0.3, -0.25) is 8.92 Å². The first-order chi connectivity index (χ1) is 1.41. The average molecular weight is 134 g/mol. The molecule has 0 fully saturated rings. The maximum Gasteiger partial charge on any atom is 0.549 e. The fraction of sp³-hybridized carbons (Fsp3) is 0. The van der Waals surface area contributed by atoms with E-state index in [0.717, 1.165) is 0 Å². The Bertz CT molecular complexity index is 31.8. The Morgan fingerprint density at radius 2 is 1.17 bits per heavy atom. The molecule has 0 saturated carbocycles. The van der Waals surface area contributed by atoms with Gasteiger partial charge in [-0.1, -0.05) is 0 Å². The molecule has 0 radical (unpaired) electrons. The van der Waals surface area contributed by atoms with Crippen LogP contribution >= 0.6 is 0 Å². The highest BCUT2D eigenvalue weighted by atomic mass is 28.2. The number of hydrogen-bond donors (Lipinski definition) is 0. The summed E-state index contributed by atoms with van der Waals surface area (Å²) in [6.07, 6.45) is 0. The van der Waals surface area contributed by atoms with E-state index in [1.165, 1.54) is 0 Å². The standard InChI is InChI=1S/Al.Mg.O2Si.H2O.5H/c;;1-3-2;;;;;;/h;;;1H2;;;;;. The predicted molar refractivity (Wildman–Crippen MR) is 29.2 cm³/mol. The highest BCUT2D eigenvalue weighted by Gasteiger charge is 1.22. The van der Waals surface area contributed by atoms with Crippen molar-refractivity contribution in [1.82, 2.24) is 0 Å². The number of hydrogen-bond acceptors (Lipinski definition) is 2. The number of rotatable bonds is 0. The summed E-state index contributed by atoms with van der Waals surface area (Å²) in [5, 5.41) is 0. The predicted octanol–water partition coefficient (Wildman–Crippen LogP) is -3.54. The molecule has 2 N–H and O–H groups in total. The molecule has 0 heterocycles. The van der Waals surface area contributed by atoms with Crippen molar-refractivity contribution in [3.05, 3.63) is 0 Å². The largest absolute Gasteiger partial charge is 0.549 e. The Morgan fingerprint density at radius 1 is 1.17 bits per heavy atom. The molecular weight excluding hydrogens is 127 g/mol. The van der Waals surface area contributed by atoms with E-state index in [2.05, 4.69) is 0 Å². The van der Waals surface area contributed by atoms with Crippen molar-refractivity contribution in [2.45, 2.75) is 0 Å². The molecule has 0 rings (SSSR count). The second-order valence-corrected chi connectivity index (χ2v) is 0.250. The Balaban J connectivity index is -0.00000000667. The van der Waals surface area contributed by atoms with E-state index in [0.29, 0.717) is 0 Å². The van der Waals surface area contributed by atoms with Gasteiger partial charge in [0.25, 0.3) is 0 Å². The monoisotopic (exact) mass is 134 g/mol. The minimum atomic E-state index is -1.42. The molecule has 0 saturated heterocycles. The van der Waals surface area contributed by atoms with Gasteiger partial charge >= 0.3 is 32.3 Å². The van der Waals surface area contributed by atoms with Crippen LogP contribution in [-0.2, 0) is 8.92 Å². The second-order valence-electron chi connectivity index (χ2n) is 0.0833. The van der Waals surface area contributed by atoms with Gasteiger partial charge in [0, 0.05) is 0 Å². The van der Waals surface area contributed by atoms with Crippen LogP contribution in [0.3, 0.4) is 0 Å². The summed E-state index contributed by atoms with van der Waals surface area (Å²) in [4.78, 5) is 0. The van der Waals surface area contributed by atoms with Crippen LogP contribution in [0, 0.1) is 0 Å². The maximum atomic E-state index is 8.40. The first-order valence-corrected chi connectivity index (χ1v) is 1.22. The zero-order valence-corrected chi connectivity index (χ0v) is 2.82. The van der Waals surface area contributed by atoms with Gasteiger partial charge in [0.1, 0.15) is 0 Å². The molecule has 34 valence electrons. The lowest BCUT2D eigenvalue weighted by Gasteiger charge is -0.944. The minimum Gasteiger partial charge on any atom is -0.412 e. The minimum absolute atomic E-state index is 0. The molecule has 0 aromatic carbocycles. The van der Waals surface area contributed by atoms with E-state index in [1.807, 2.05) is 0 Å². The zero-order chi connectivity index (χ0) is 2.71. The van der Waals surface area contributed by atoms with E-state index in [1.54, 1.807) is 0 Å². The SMILES string of the molecule is O.O=[Si]=O.[AlH3].[MgH2]. The van der Waals surface area contributed by atoms with Crippen molar-refractivity contribution in [3.63, 3.8) is 0 Å². The first-order valence-electron chi connectivity index (χ1n) is 0.408. The first kappa shape index (κ1) is 27.6. The molecule has 0 aliphatic carbocycles. The van der Waals surface area contributed by atoms with Crippen LogP contribution in [0.4, 0.5) is 0 Å². The highest BCUT2D eigenvalue weighted by Crippen LogP contribution is 0.759. The summed E-state index contributed by atoms with van der Waals surface area (Å²) >= 11 is 0. The van der Waals surface area contributed by atoms with Gasteiger partial charge in [0.2, 0.25) is 0 Å². The lowest BCUT2D eigenvalue weighted by Crippen LogP contribution is -1.26. The smallest absolute Gasteiger partial charge is 0.412 e. The normalized spacial score (nSPS) is 1.33. The van der Waals surface area contributed by atoms with Gasteiger partial charge in [-0.05, 0) is 0 Å². The third-order valence-electron chi connectivity index (χ3n) is 0. The van der Waals surface area contributed by atoms with Gasteiger partial charge in [0.15, 0.2) is 17.4 Å². The van der Waals surface area contributed by atoms with Crippen molar-refractivity contribution < 1.29 is 14.4 Å². The third kappa shape index (κ3) is 72.9. The van der Waals surface area contributed by atoms with E-state index < -0.39 is 9.29 Å². The molecule has 0 amide bonds.